The molecule has 0 amide bonds. The number of benzene rings is 2. The maximum atomic E-state index is 13.0. The van der Waals surface area contributed by atoms with Crippen LogP contribution in [0, 0.1) is 17.7 Å². The van der Waals surface area contributed by atoms with Gasteiger partial charge in [0.1, 0.15) is 17.7 Å². The maximum absolute atomic E-state index is 13.0. The van der Waals surface area contributed by atoms with E-state index >= 15 is 0 Å². The number of piperidine rings is 1. The monoisotopic (exact) mass is 383 g/mol. The number of hydrogen-bond acceptors (Lipinski definition) is 3. The summed E-state index contributed by atoms with van der Waals surface area (Å²) in [6.07, 6.45) is 4.88. The van der Waals surface area contributed by atoms with Gasteiger partial charge in [-0.15, -0.1) is 0 Å². The highest BCUT2D eigenvalue weighted by atomic mass is 19.1. The third kappa shape index (κ3) is 4.64. The lowest BCUT2D eigenvalue weighted by Gasteiger charge is -2.34. The Balaban J connectivity index is 1.29. The average Bonchev–Trinajstić information content (AvgIpc) is 3.49. The molecule has 2 fully saturated rings. The fourth-order valence-corrected chi connectivity index (χ4v) is 4.07. The molecular formula is C23H26FNO3. The van der Waals surface area contributed by atoms with Crippen molar-refractivity contribution in [1.29, 1.82) is 0 Å². The van der Waals surface area contributed by atoms with E-state index < -0.39 is 5.97 Å². The number of carboxylic acids is 1. The van der Waals surface area contributed by atoms with Gasteiger partial charge in [0, 0.05) is 12.2 Å². The molecule has 0 radical (unpaired) electrons. The smallest absolute Gasteiger partial charge is 0.306 e. The molecule has 1 N–H and O–H groups in total. The predicted molar refractivity (Wildman–Crippen MR) is 106 cm³/mol. The molecule has 1 aliphatic carbocycles. The van der Waals surface area contributed by atoms with E-state index in [-0.39, 0.29) is 17.8 Å². The minimum Gasteiger partial charge on any atom is -0.489 e. The number of carboxylic acid groups (broad SMARTS) is 1. The van der Waals surface area contributed by atoms with Crippen molar-refractivity contribution >= 4 is 11.7 Å². The Kier molecular flexibility index (Phi) is 5.51. The minimum absolute atomic E-state index is 0.0988. The SMILES string of the molecule is O=C(O)[C@@H]1C[C@H]1CCc1ccc(N2CCC[C@H](Oc3ccc(F)cc3)C2)cc1. The van der Waals surface area contributed by atoms with Crippen LogP contribution in [0.1, 0.15) is 31.2 Å². The molecule has 0 aromatic heterocycles. The Morgan fingerprint density at radius 1 is 1.14 bits per heavy atom. The fourth-order valence-electron chi connectivity index (χ4n) is 4.07. The van der Waals surface area contributed by atoms with E-state index in [1.165, 1.54) is 23.4 Å². The number of carbonyl (C=O) groups is 1. The van der Waals surface area contributed by atoms with Crippen LogP contribution >= 0.6 is 0 Å². The first-order valence-electron chi connectivity index (χ1n) is 10.1. The van der Waals surface area contributed by atoms with Crippen molar-refractivity contribution in [1.82, 2.24) is 0 Å². The molecule has 0 bridgehead atoms. The largest absolute Gasteiger partial charge is 0.489 e. The second kappa shape index (κ2) is 8.21. The molecule has 1 saturated heterocycles. The van der Waals surface area contributed by atoms with Crippen LogP contribution in [-0.2, 0) is 11.2 Å². The van der Waals surface area contributed by atoms with Crippen LogP contribution in [0.5, 0.6) is 5.75 Å². The van der Waals surface area contributed by atoms with E-state index in [0.29, 0.717) is 11.7 Å². The molecule has 0 unspecified atom stereocenters. The second-order valence-electron chi connectivity index (χ2n) is 7.93. The highest BCUT2D eigenvalue weighted by molar-refractivity contribution is 5.73. The Bertz CT molecular complexity index is 806. The molecule has 28 heavy (non-hydrogen) atoms. The van der Waals surface area contributed by atoms with Crippen molar-refractivity contribution in [2.24, 2.45) is 11.8 Å². The average molecular weight is 383 g/mol. The van der Waals surface area contributed by atoms with Crippen LogP contribution in [-0.4, -0.2) is 30.3 Å². The lowest BCUT2D eigenvalue weighted by Crippen LogP contribution is -2.41. The number of halogens is 1. The zero-order valence-corrected chi connectivity index (χ0v) is 15.9. The third-order valence-electron chi connectivity index (χ3n) is 5.84. The van der Waals surface area contributed by atoms with Gasteiger partial charge in [0.05, 0.1) is 12.5 Å². The van der Waals surface area contributed by atoms with E-state index in [1.807, 2.05) is 0 Å². The van der Waals surface area contributed by atoms with Gasteiger partial charge in [0.25, 0.3) is 0 Å². The van der Waals surface area contributed by atoms with E-state index in [0.717, 1.165) is 45.2 Å². The van der Waals surface area contributed by atoms with Crippen molar-refractivity contribution in [3.8, 4) is 5.75 Å². The molecule has 0 spiro atoms. The summed E-state index contributed by atoms with van der Waals surface area (Å²) in [5, 5.41) is 9.00. The quantitative estimate of drug-likeness (QED) is 0.763. The van der Waals surface area contributed by atoms with Gasteiger partial charge in [-0.05, 0) is 80.0 Å². The van der Waals surface area contributed by atoms with Crippen molar-refractivity contribution in [3.05, 3.63) is 59.9 Å². The number of anilines is 1. The van der Waals surface area contributed by atoms with E-state index in [4.69, 9.17) is 9.84 Å². The van der Waals surface area contributed by atoms with Gasteiger partial charge in [-0.3, -0.25) is 4.79 Å². The Morgan fingerprint density at radius 2 is 1.89 bits per heavy atom. The van der Waals surface area contributed by atoms with Gasteiger partial charge in [0.15, 0.2) is 0 Å². The summed E-state index contributed by atoms with van der Waals surface area (Å²) >= 11 is 0. The molecule has 2 aromatic carbocycles. The zero-order valence-electron chi connectivity index (χ0n) is 15.9. The highest BCUT2D eigenvalue weighted by Gasteiger charge is 2.42. The third-order valence-corrected chi connectivity index (χ3v) is 5.84. The summed E-state index contributed by atoms with van der Waals surface area (Å²) in [5.74, 6) is 0.0402. The molecule has 4 rings (SSSR count). The van der Waals surface area contributed by atoms with Crippen molar-refractivity contribution < 1.29 is 19.0 Å². The number of nitrogens with zero attached hydrogens (tertiary/aromatic N) is 1. The molecule has 3 atom stereocenters. The maximum Gasteiger partial charge on any atom is 0.306 e. The van der Waals surface area contributed by atoms with Gasteiger partial charge in [0.2, 0.25) is 0 Å². The second-order valence-corrected chi connectivity index (χ2v) is 7.93. The van der Waals surface area contributed by atoms with E-state index in [9.17, 15) is 9.18 Å². The predicted octanol–water partition coefficient (Wildman–Crippen LogP) is 4.53. The van der Waals surface area contributed by atoms with Crippen molar-refractivity contribution in [3.63, 3.8) is 0 Å². The summed E-state index contributed by atoms with van der Waals surface area (Å²) in [4.78, 5) is 13.3. The Hall–Kier alpha value is -2.56. The lowest BCUT2D eigenvalue weighted by molar-refractivity contribution is -0.138. The Morgan fingerprint density at radius 3 is 2.57 bits per heavy atom. The molecule has 5 heteroatoms. The molecule has 1 heterocycles. The number of hydrogen-bond donors (Lipinski definition) is 1. The van der Waals surface area contributed by atoms with Crippen LogP contribution in [0.25, 0.3) is 0 Å². The molecule has 4 nitrogen and oxygen atoms in total. The number of rotatable bonds is 7. The number of aryl methyl sites for hydroxylation is 1. The highest BCUT2D eigenvalue weighted by Crippen LogP contribution is 2.42. The first kappa shape index (κ1) is 18.8. The molecule has 2 aromatic rings. The van der Waals surface area contributed by atoms with Gasteiger partial charge in [-0.25, -0.2) is 4.39 Å². The number of aliphatic carboxylic acids is 1. The van der Waals surface area contributed by atoms with Gasteiger partial charge >= 0.3 is 5.97 Å². The topological polar surface area (TPSA) is 49.8 Å². The summed E-state index contributed by atoms with van der Waals surface area (Å²) in [7, 11) is 0. The van der Waals surface area contributed by atoms with Crippen molar-refractivity contribution in [2.45, 2.75) is 38.2 Å². The van der Waals surface area contributed by atoms with Crippen LogP contribution in [0.2, 0.25) is 0 Å². The molecule has 2 aliphatic rings. The van der Waals surface area contributed by atoms with E-state index in [2.05, 4.69) is 29.2 Å². The molecule has 1 aliphatic heterocycles. The zero-order chi connectivity index (χ0) is 19.5. The summed E-state index contributed by atoms with van der Waals surface area (Å²) < 4.78 is 19.1. The first-order chi connectivity index (χ1) is 13.6. The van der Waals surface area contributed by atoms with E-state index in [1.54, 1.807) is 12.1 Å². The van der Waals surface area contributed by atoms with Crippen LogP contribution in [0.15, 0.2) is 48.5 Å². The lowest BCUT2D eigenvalue weighted by atomic mass is 10.0. The summed E-state index contributed by atoms with van der Waals surface area (Å²) in [6.45, 7) is 1.82. The number of ether oxygens (including phenoxy) is 1. The summed E-state index contributed by atoms with van der Waals surface area (Å²) in [6, 6.07) is 14.8. The molecule has 1 saturated carbocycles. The first-order valence-corrected chi connectivity index (χ1v) is 10.1. The van der Waals surface area contributed by atoms with Gasteiger partial charge < -0.3 is 14.7 Å². The molecular weight excluding hydrogens is 357 g/mol. The van der Waals surface area contributed by atoms with Crippen LogP contribution < -0.4 is 9.64 Å². The standard InChI is InChI=1S/C23H26FNO3/c24-18-7-11-20(12-8-18)28-21-2-1-13-25(15-21)19-9-4-16(5-10-19)3-6-17-14-22(17)23(26)27/h4-5,7-12,17,21-22H,1-3,6,13-15H2,(H,26,27)/t17-,21+,22-/m1/s1. The van der Waals surface area contributed by atoms with Crippen LogP contribution in [0.3, 0.4) is 0 Å². The molecule has 148 valence electrons. The minimum atomic E-state index is -0.650. The Labute approximate surface area is 164 Å². The van der Waals surface area contributed by atoms with Gasteiger partial charge in [-0.1, -0.05) is 12.1 Å². The van der Waals surface area contributed by atoms with Gasteiger partial charge in [-0.2, -0.15) is 0 Å². The van der Waals surface area contributed by atoms with Crippen molar-refractivity contribution in [2.75, 3.05) is 18.0 Å². The normalized spacial score (nSPS) is 24.0. The van der Waals surface area contributed by atoms with Crippen LogP contribution in [0.4, 0.5) is 10.1 Å². The fraction of sp³-hybridized carbons (Fsp3) is 0.435. The summed E-state index contributed by atoms with van der Waals surface area (Å²) in [5.41, 5.74) is 2.45.